The molecule has 0 bridgehead atoms. The summed E-state index contributed by atoms with van der Waals surface area (Å²) in [7, 11) is 0. The number of rotatable bonds is 4. The van der Waals surface area contributed by atoms with Gasteiger partial charge in [-0.2, -0.15) is 0 Å². The summed E-state index contributed by atoms with van der Waals surface area (Å²) in [5.74, 6) is 2.69. The summed E-state index contributed by atoms with van der Waals surface area (Å²) >= 11 is 0. The first-order valence-corrected chi connectivity index (χ1v) is 10.8. The smallest absolute Gasteiger partial charge is 0.231 e. The minimum absolute atomic E-state index is 0.0373. The summed E-state index contributed by atoms with van der Waals surface area (Å²) < 4.78 is 16.9. The SMILES string of the molecule is CCNC(=NCC1(c2ccc3c(c2)OCO3)CCOCC1)N1CC(C)(C)C1(C)C. The highest BCUT2D eigenvalue weighted by molar-refractivity contribution is 5.82. The van der Waals surface area contributed by atoms with E-state index in [1.165, 1.54) is 5.56 Å². The van der Waals surface area contributed by atoms with E-state index >= 15 is 0 Å². The number of ether oxygens (including phenoxy) is 3. The molecule has 3 heterocycles. The molecule has 1 N–H and O–H groups in total. The Morgan fingerprint density at radius 2 is 1.83 bits per heavy atom. The molecule has 0 amide bonds. The average molecular weight is 402 g/mol. The van der Waals surface area contributed by atoms with Crippen molar-refractivity contribution >= 4 is 5.96 Å². The first-order valence-electron chi connectivity index (χ1n) is 10.8. The summed E-state index contributed by atoms with van der Waals surface area (Å²) in [5.41, 5.74) is 1.59. The number of aliphatic imine (C=N–C) groups is 1. The van der Waals surface area contributed by atoms with Gasteiger partial charge in [-0.05, 0) is 51.3 Å². The predicted molar refractivity (Wildman–Crippen MR) is 115 cm³/mol. The highest BCUT2D eigenvalue weighted by Gasteiger charge is 2.53. The molecule has 1 aromatic carbocycles. The average Bonchev–Trinajstić information content (AvgIpc) is 3.18. The fourth-order valence-electron chi connectivity index (χ4n) is 4.55. The second-order valence-corrected chi connectivity index (χ2v) is 9.66. The van der Waals surface area contributed by atoms with Crippen molar-refractivity contribution in [3.05, 3.63) is 23.8 Å². The fraction of sp³-hybridized carbons (Fsp3) is 0.696. The molecular weight excluding hydrogens is 366 g/mol. The molecule has 0 aliphatic carbocycles. The fourth-order valence-corrected chi connectivity index (χ4v) is 4.55. The quantitative estimate of drug-likeness (QED) is 0.618. The Bertz CT molecular complexity index is 782. The minimum atomic E-state index is -0.0373. The zero-order chi connectivity index (χ0) is 20.7. The maximum Gasteiger partial charge on any atom is 0.231 e. The van der Waals surface area contributed by atoms with Gasteiger partial charge in [0.15, 0.2) is 17.5 Å². The molecule has 0 aromatic heterocycles. The highest BCUT2D eigenvalue weighted by Crippen LogP contribution is 2.46. The van der Waals surface area contributed by atoms with E-state index in [0.29, 0.717) is 6.79 Å². The van der Waals surface area contributed by atoms with Gasteiger partial charge in [-0.1, -0.05) is 19.9 Å². The number of hydrogen-bond acceptors (Lipinski definition) is 4. The monoisotopic (exact) mass is 401 g/mol. The van der Waals surface area contributed by atoms with Crippen LogP contribution in [0.3, 0.4) is 0 Å². The van der Waals surface area contributed by atoms with Crippen molar-refractivity contribution in [2.75, 3.05) is 39.6 Å². The van der Waals surface area contributed by atoms with E-state index in [4.69, 9.17) is 19.2 Å². The van der Waals surface area contributed by atoms with E-state index in [0.717, 1.165) is 63.1 Å². The number of likely N-dealkylation sites (tertiary alicyclic amines) is 1. The number of nitrogens with zero attached hydrogens (tertiary/aromatic N) is 2. The molecule has 0 saturated carbocycles. The summed E-state index contributed by atoms with van der Waals surface area (Å²) in [6.07, 6.45) is 1.93. The molecule has 0 radical (unpaired) electrons. The van der Waals surface area contributed by atoms with Crippen molar-refractivity contribution in [3.63, 3.8) is 0 Å². The van der Waals surface area contributed by atoms with Gasteiger partial charge in [-0.25, -0.2) is 0 Å². The van der Waals surface area contributed by atoms with E-state index < -0.39 is 0 Å². The van der Waals surface area contributed by atoms with Crippen LogP contribution in [0.4, 0.5) is 0 Å². The molecule has 3 aliphatic heterocycles. The van der Waals surface area contributed by atoms with Gasteiger partial charge in [-0.15, -0.1) is 0 Å². The van der Waals surface area contributed by atoms with Gasteiger partial charge in [0.2, 0.25) is 6.79 Å². The maximum absolute atomic E-state index is 5.70. The van der Waals surface area contributed by atoms with Gasteiger partial charge in [0.05, 0.1) is 6.54 Å². The molecule has 0 unspecified atom stereocenters. The van der Waals surface area contributed by atoms with Crippen LogP contribution in [0.25, 0.3) is 0 Å². The highest BCUT2D eigenvalue weighted by atomic mass is 16.7. The Balaban J connectivity index is 1.62. The molecule has 4 rings (SSSR count). The second-order valence-electron chi connectivity index (χ2n) is 9.66. The largest absolute Gasteiger partial charge is 0.454 e. The second kappa shape index (κ2) is 7.38. The van der Waals surface area contributed by atoms with E-state index in [1.807, 2.05) is 6.07 Å². The van der Waals surface area contributed by atoms with Gasteiger partial charge in [0.25, 0.3) is 0 Å². The summed E-state index contributed by atoms with van der Waals surface area (Å²) in [6, 6.07) is 6.36. The molecule has 3 aliphatic rings. The lowest BCUT2D eigenvalue weighted by molar-refractivity contribution is -0.0669. The summed E-state index contributed by atoms with van der Waals surface area (Å²) in [5, 5.41) is 3.53. The van der Waals surface area contributed by atoms with Crippen molar-refractivity contribution in [2.24, 2.45) is 10.4 Å². The number of benzene rings is 1. The van der Waals surface area contributed by atoms with Gasteiger partial charge in [-0.3, -0.25) is 4.99 Å². The third-order valence-corrected chi connectivity index (χ3v) is 7.44. The number of hydrogen-bond donors (Lipinski definition) is 1. The molecular formula is C23H35N3O3. The van der Waals surface area contributed by atoms with Crippen molar-refractivity contribution in [3.8, 4) is 11.5 Å². The van der Waals surface area contributed by atoms with Crippen LogP contribution in [0.2, 0.25) is 0 Å². The Morgan fingerprint density at radius 3 is 2.48 bits per heavy atom. The Morgan fingerprint density at radius 1 is 1.10 bits per heavy atom. The van der Waals surface area contributed by atoms with E-state index in [1.54, 1.807) is 0 Å². The van der Waals surface area contributed by atoms with Crippen LogP contribution >= 0.6 is 0 Å². The summed E-state index contributed by atoms with van der Waals surface area (Å²) in [4.78, 5) is 7.59. The van der Waals surface area contributed by atoms with Crippen LogP contribution in [-0.4, -0.2) is 56.0 Å². The van der Waals surface area contributed by atoms with E-state index in [2.05, 4.69) is 57.0 Å². The van der Waals surface area contributed by atoms with Crippen molar-refractivity contribution in [1.29, 1.82) is 0 Å². The zero-order valence-corrected chi connectivity index (χ0v) is 18.5. The van der Waals surface area contributed by atoms with Crippen LogP contribution < -0.4 is 14.8 Å². The molecule has 2 fully saturated rings. The van der Waals surface area contributed by atoms with Crippen LogP contribution in [0.1, 0.15) is 53.0 Å². The maximum atomic E-state index is 5.70. The van der Waals surface area contributed by atoms with Crippen molar-refractivity contribution in [1.82, 2.24) is 10.2 Å². The number of nitrogens with one attached hydrogen (secondary N) is 1. The van der Waals surface area contributed by atoms with Gasteiger partial charge in [0.1, 0.15) is 0 Å². The van der Waals surface area contributed by atoms with Crippen molar-refractivity contribution in [2.45, 2.75) is 58.4 Å². The molecule has 160 valence electrons. The Labute approximate surface area is 174 Å². The number of fused-ring (bicyclic) bond motifs is 1. The molecule has 2 saturated heterocycles. The van der Waals surface area contributed by atoms with Gasteiger partial charge < -0.3 is 24.4 Å². The van der Waals surface area contributed by atoms with E-state index in [-0.39, 0.29) is 16.4 Å². The lowest BCUT2D eigenvalue weighted by atomic mass is 9.65. The van der Waals surface area contributed by atoms with Crippen molar-refractivity contribution < 1.29 is 14.2 Å². The van der Waals surface area contributed by atoms with Crippen LogP contribution in [-0.2, 0) is 10.2 Å². The number of guanidine groups is 1. The Hall–Kier alpha value is -1.95. The summed E-state index contributed by atoms with van der Waals surface area (Å²) in [6.45, 7) is 15.9. The van der Waals surface area contributed by atoms with Gasteiger partial charge in [0, 0.05) is 42.7 Å². The first kappa shape index (κ1) is 20.3. The molecule has 0 spiro atoms. The third kappa shape index (κ3) is 3.45. The molecule has 6 heteroatoms. The van der Waals surface area contributed by atoms with E-state index in [9.17, 15) is 0 Å². The standard InChI is InChI=1S/C23H35N3O3/c1-6-24-20(26-15-21(2,3)22(26,4)5)25-14-23(9-11-27-12-10-23)17-7-8-18-19(13-17)29-16-28-18/h7-8,13H,6,9-12,14-16H2,1-5H3,(H,24,25). The predicted octanol–water partition coefficient (Wildman–Crippen LogP) is 3.55. The Kier molecular flexibility index (Phi) is 5.18. The van der Waals surface area contributed by atoms with Gasteiger partial charge >= 0.3 is 0 Å². The first-order chi connectivity index (χ1) is 13.8. The molecule has 0 atom stereocenters. The van der Waals surface area contributed by atoms with Crippen LogP contribution in [0, 0.1) is 5.41 Å². The molecule has 1 aromatic rings. The topological polar surface area (TPSA) is 55.3 Å². The normalized spacial score (nSPS) is 24.2. The van der Waals surface area contributed by atoms with Crippen LogP contribution in [0.5, 0.6) is 11.5 Å². The lowest BCUT2D eigenvalue weighted by Crippen LogP contribution is -2.72. The lowest BCUT2D eigenvalue weighted by Gasteiger charge is -2.62. The molecule has 6 nitrogen and oxygen atoms in total. The molecule has 29 heavy (non-hydrogen) atoms. The van der Waals surface area contributed by atoms with Crippen LogP contribution in [0.15, 0.2) is 23.2 Å². The zero-order valence-electron chi connectivity index (χ0n) is 18.5. The minimum Gasteiger partial charge on any atom is -0.454 e. The third-order valence-electron chi connectivity index (χ3n) is 7.44.